The SMILES string of the molecule is C=CC(F)(F)c1cccc([C@H](O)c2c(C(C)C)nc3c(c2C)C(O)CC(C)(C)C3)c1. The van der Waals surface area contributed by atoms with Crippen LogP contribution in [0.25, 0.3) is 0 Å². The molecular weight excluding hydrogens is 384 g/mol. The number of hydrogen-bond donors (Lipinski definition) is 2. The number of rotatable bonds is 5. The average molecular weight is 416 g/mol. The number of halogens is 2. The number of benzene rings is 1. The van der Waals surface area contributed by atoms with Gasteiger partial charge in [0.05, 0.1) is 6.10 Å². The van der Waals surface area contributed by atoms with E-state index in [9.17, 15) is 19.0 Å². The second-order valence-corrected chi connectivity index (χ2v) is 9.47. The maximum absolute atomic E-state index is 14.1. The summed E-state index contributed by atoms with van der Waals surface area (Å²) in [7, 11) is 0. The molecule has 0 amide bonds. The van der Waals surface area contributed by atoms with Crippen LogP contribution in [0.2, 0.25) is 0 Å². The molecule has 0 saturated carbocycles. The largest absolute Gasteiger partial charge is 0.388 e. The van der Waals surface area contributed by atoms with Gasteiger partial charge in [0.1, 0.15) is 6.10 Å². The van der Waals surface area contributed by atoms with Gasteiger partial charge in [-0.1, -0.05) is 52.5 Å². The summed E-state index contributed by atoms with van der Waals surface area (Å²) < 4.78 is 28.2. The molecule has 3 rings (SSSR count). The molecule has 162 valence electrons. The smallest absolute Gasteiger partial charge is 0.291 e. The molecule has 0 bridgehead atoms. The van der Waals surface area contributed by atoms with Gasteiger partial charge in [-0.15, -0.1) is 0 Å². The third-order valence-electron chi connectivity index (χ3n) is 6.04. The molecule has 0 spiro atoms. The summed E-state index contributed by atoms with van der Waals surface area (Å²) in [5.41, 5.74) is 3.84. The molecule has 3 nitrogen and oxygen atoms in total. The molecule has 1 unspecified atom stereocenters. The van der Waals surface area contributed by atoms with Crippen molar-refractivity contribution in [3.63, 3.8) is 0 Å². The predicted molar refractivity (Wildman–Crippen MR) is 115 cm³/mol. The van der Waals surface area contributed by atoms with Crippen LogP contribution < -0.4 is 0 Å². The van der Waals surface area contributed by atoms with Gasteiger partial charge < -0.3 is 10.2 Å². The molecule has 30 heavy (non-hydrogen) atoms. The van der Waals surface area contributed by atoms with Crippen molar-refractivity contribution in [3.05, 3.63) is 76.1 Å². The van der Waals surface area contributed by atoms with Crippen LogP contribution in [0.4, 0.5) is 8.78 Å². The average Bonchev–Trinajstić information content (AvgIpc) is 2.65. The first-order chi connectivity index (χ1) is 13.9. The Labute approximate surface area is 177 Å². The Kier molecular flexibility index (Phi) is 5.91. The zero-order valence-electron chi connectivity index (χ0n) is 18.3. The highest BCUT2D eigenvalue weighted by molar-refractivity contribution is 5.48. The number of hydrogen-bond acceptors (Lipinski definition) is 3. The fraction of sp³-hybridized carbons (Fsp3) is 0.480. The minimum absolute atomic E-state index is 0.0265. The van der Waals surface area contributed by atoms with Crippen LogP contribution >= 0.6 is 0 Å². The molecule has 1 heterocycles. The van der Waals surface area contributed by atoms with Crippen molar-refractivity contribution in [2.45, 2.75) is 71.5 Å². The first-order valence-corrected chi connectivity index (χ1v) is 10.4. The highest BCUT2D eigenvalue weighted by Gasteiger charge is 2.36. The summed E-state index contributed by atoms with van der Waals surface area (Å²) in [4.78, 5) is 4.87. The van der Waals surface area contributed by atoms with E-state index in [1.807, 2.05) is 20.8 Å². The van der Waals surface area contributed by atoms with Gasteiger partial charge in [-0.2, -0.15) is 8.78 Å². The first-order valence-electron chi connectivity index (χ1n) is 10.4. The summed E-state index contributed by atoms with van der Waals surface area (Å²) in [6.45, 7) is 13.3. The van der Waals surface area contributed by atoms with Crippen molar-refractivity contribution < 1.29 is 19.0 Å². The Hall–Kier alpha value is -2.11. The first kappa shape index (κ1) is 22.6. The lowest BCUT2D eigenvalue weighted by molar-refractivity contribution is 0.0523. The van der Waals surface area contributed by atoms with E-state index < -0.39 is 18.1 Å². The zero-order chi connectivity index (χ0) is 22.4. The Morgan fingerprint density at radius 1 is 1.30 bits per heavy atom. The van der Waals surface area contributed by atoms with Gasteiger partial charge >= 0.3 is 0 Å². The van der Waals surface area contributed by atoms with Crippen molar-refractivity contribution in [1.29, 1.82) is 0 Å². The van der Waals surface area contributed by atoms with Crippen molar-refractivity contribution in [2.75, 3.05) is 0 Å². The van der Waals surface area contributed by atoms with Crippen LogP contribution in [0, 0.1) is 12.3 Å². The van der Waals surface area contributed by atoms with E-state index in [-0.39, 0.29) is 16.9 Å². The molecule has 2 aromatic rings. The van der Waals surface area contributed by atoms with Crippen molar-refractivity contribution in [2.24, 2.45) is 5.41 Å². The number of pyridine rings is 1. The number of fused-ring (bicyclic) bond motifs is 1. The van der Waals surface area contributed by atoms with Crippen LogP contribution in [0.1, 0.15) is 91.4 Å². The standard InChI is InChI=1S/C25H31F2NO2/c1-7-25(26,27)17-10-8-9-16(11-17)23(30)21-15(4)20-18(28-22(21)14(2)3)12-24(5,6)13-19(20)29/h7-11,14,19,23,29-30H,1,12-13H2,2-6H3/t19?,23-/m0/s1. The highest BCUT2D eigenvalue weighted by atomic mass is 19.3. The lowest BCUT2D eigenvalue weighted by Crippen LogP contribution is -2.29. The van der Waals surface area contributed by atoms with E-state index >= 15 is 0 Å². The van der Waals surface area contributed by atoms with E-state index in [0.29, 0.717) is 23.6 Å². The lowest BCUT2D eigenvalue weighted by atomic mass is 9.72. The third-order valence-corrected chi connectivity index (χ3v) is 6.04. The van der Waals surface area contributed by atoms with E-state index in [4.69, 9.17) is 4.98 Å². The number of aliphatic hydroxyl groups excluding tert-OH is 2. The molecule has 5 heteroatoms. The van der Waals surface area contributed by atoms with Crippen LogP contribution in [0.3, 0.4) is 0 Å². The molecule has 1 aromatic carbocycles. The van der Waals surface area contributed by atoms with Crippen LogP contribution in [0.5, 0.6) is 0 Å². The molecule has 2 N–H and O–H groups in total. The van der Waals surface area contributed by atoms with Gasteiger partial charge in [0.25, 0.3) is 5.92 Å². The van der Waals surface area contributed by atoms with Crippen molar-refractivity contribution >= 4 is 0 Å². The second kappa shape index (κ2) is 7.86. The van der Waals surface area contributed by atoms with Gasteiger partial charge in [0, 0.05) is 28.1 Å². The minimum Gasteiger partial charge on any atom is -0.388 e. The Morgan fingerprint density at radius 3 is 2.57 bits per heavy atom. The minimum atomic E-state index is -3.18. The van der Waals surface area contributed by atoms with Gasteiger partial charge in [-0.3, -0.25) is 4.98 Å². The van der Waals surface area contributed by atoms with Crippen molar-refractivity contribution in [3.8, 4) is 0 Å². The Balaban J connectivity index is 2.18. The topological polar surface area (TPSA) is 53.4 Å². The third kappa shape index (κ3) is 4.06. The van der Waals surface area contributed by atoms with Crippen LogP contribution in [-0.4, -0.2) is 15.2 Å². The monoisotopic (exact) mass is 415 g/mol. The van der Waals surface area contributed by atoms with Crippen molar-refractivity contribution in [1.82, 2.24) is 4.98 Å². The van der Waals surface area contributed by atoms with E-state index in [2.05, 4.69) is 20.4 Å². The van der Waals surface area contributed by atoms with Gasteiger partial charge in [0.15, 0.2) is 0 Å². The zero-order valence-corrected chi connectivity index (χ0v) is 18.3. The number of alkyl halides is 2. The molecule has 0 aliphatic heterocycles. The number of aliphatic hydroxyl groups is 2. The van der Waals surface area contributed by atoms with Gasteiger partial charge in [-0.05, 0) is 54.4 Å². The summed E-state index contributed by atoms with van der Waals surface area (Å²) >= 11 is 0. The molecule has 1 aromatic heterocycles. The Morgan fingerprint density at radius 2 is 1.97 bits per heavy atom. The molecule has 0 radical (unpaired) electrons. The Bertz CT molecular complexity index is 966. The maximum Gasteiger partial charge on any atom is 0.291 e. The quantitative estimate of drug-likeness (QED) is 0.600. The molecule has 2 atom stereocenters. The van der Waals surface area contributed by atoms with E-state index in [0.717, 1.165) is 28.9 Å². The number of allylic oxidation sites excluding steroid dienone is 1. The lowest BCUT2D eigenvalue weighted by Gasteiger charge is -2.36. The van der Waals surface area contributed by atoms with Gasteiger partial charge in [-0.25, -0.2) is 0 Å². The number of nitrogens with zero attached hydrogens (tertiary/aromatic N) is 1. The molecule has 1 aliphatic carbocycles. The molecule has 1 aliphatic rings. The van der Waals surface area contributed by atoms with Gasteiger partial charge in [0.2, 0.25) is 0 Å². The van der Waals surface area contributed by atoms with Crippen LogP contribution in [-0.2, 0) is 12.3 Å². The predicted octanol–water partition coefficient (Wildman–Crippen LogP) is 5.88. The second-order valence-electron chi connectivity index (χ2n) is 9.47. The fourth-order valence-corrected chi connectivity index (χ4v) is 4.53. The summed E-state index contributed by atoms with van der Waals surface area (Å²) in [6, 6.07) is 5.79. The summed E-state index contributed by atoms with van der Waals surface area (Å²) in [5, 5.41) is 22.1. The summed E-state index contributed by atoms with van der Waals surface area (Å²) in [6.07, 6.45) is 0.169. The highest BCUT2D eigenvalue weighted by Crippen LogP contribution is 2.45. The van der Waals surface area contributed by atoms with E-state index in [1.165, 1.54) is 18.2 Å². The van der Waals surface area contributed by atoms with Crippen LogP contribution in [0.15, 0.2) is 36.9 Å². The summed E-state index contributed by atoms with van der Waals surface area (Å²) in [5.74, 6) is -3.15. The maximum atomic E-state index is 14.1. The normalized spacial score (nSPS) is 19.5. The molecular formula is C25H31F2NO2. The van der Waals surface area contributed by atoms with E-state index in [1.54, 1.807) is 6.07 Å². The molecule has 0 fully saturated rings. The number of aromatic nitrogens is 1. The molecule has 0 saturated heterocycles. The fourth-order valence-electron chi connectivity index (χ4n) is 4.53.